The molecular formula is C79H64N2O2. The number of furan rings is 2. The fraction of sp³-hybridized carbons (Fsp3) is 0.139. The van der Waals surface area contributed by atoms with E-state index in [0.29, 0.717) is 0 Å². The standard InChI is InChI=1S/C79H64N2O2/c1-77(2,3)67-33-17-29-61-63-31-19-35-71(75(63)82-73(61)67)80(57-27-15-25-51(41-57)49-21-11-9-12-22-49)59-39-37-53-45-65-66-46-54-38-40-60(44-56(54)48-70(66)79(7,8)69(65)47-55(53)43-59)81(58-28-16-26-52(42-58)50-23-13-10-14-24-50)72-36-20-32-64-62-30-18-34-68(78(4,5)6)74(62)83-76(64)72/h9-48H,1-8H3. The fourth-order valence-corrected chi connectivity index (χ4v) is 13.4. The van der Waals surface area contributed by atoms with Gasteiger partial charge >= 0.3 is 0 Å². The van der Waals surface area contributed by atoms with E-state index in [4.69, 9.17) is 8.83 Å². The van der Waals surface area contributed by atoms with E-state index in [2.05, 4.69) is 308 Å². The van der Waals surface area contributed by atoms with Crippen molar-refractivity contribution in [3.63, 3.8) is 0 Å². The summed E-state index contributed by atoms with van der Waals surface area (Å²) in [4.78, 5) is 4.79. The Morgan fingerprint density at radius 2 is 0.663 bits per heavy atom. The second-order valence-electron chi connectivity index (χ2n) is 25.4. The second-order valence-corrected chi connectivity index (χ2v) is 25.4. The molecule has 0 unspecified atom stereocenters. The van der Waals surface area contributed by atoms with Crippen LogP contribution < -0.4 is 9.80 Å². The zero-order valence-electron chi connectivity index (χ0n) is 48.3. The second kappa shape index (κ2) is 18.7. The van der Waals surface area contributed by atoms with Gasteiger partial charge in [-0.1, -0.05) is 213 Å². The molecule has 2 heterocycles. The number of hydrogen-bond donors (Lipinski definition) is 0. The maximum atomic E-state index is 7.10. The average molecular weight is 1070 g/mol. The summed E-state index contributed by atoms with van der Waals surface area (Å²) in [5, 5.41) is 9.25. The fourth-order valence-electron chi connectivity index (χ4n) is 13.4. The molecule has 0 saturated heterocycles. The highest BCUT2D eigenvalue weighted by Crippen LogP contribution is 2.53. The van der Waals surface area contributed by atoms with Crippen LogP contribution in [0.1, 0.15) is 77.6 Å². The van der Waals surface area contributed by atoms with Gasteiger partial charge in [0.1, 0.15) is 11.2 Å². The molecule has 83 heavy (non-hydrogen) atoms. The first-order valence-corrected chi connectivity index (χ1v) is 29.1. The van der Waals surface area contributed by atoms with Gasteiger partial charge in [-0.15, -0.1) is 0 Å². The number of anilines is 6. The van der Waals surface area contributed by atoms with E-state index in [0.717, 1.165) is 89.1 Å². The Morgan fingerprint density at radius 1 is 0.301 bits per heavy atom. The molecule has 0 bridgehead atoms. The molecule has 1 aliphatic carbocycles. The number of nitrogens with zero attached hydrogens (tertiary/aromatic N) is 2. The molecule has 0 amide bonds. The maximum Gasteiger partial charge on any atom is 0.159 e. The van der Waals surface area contributed by atoms with Crippen molar-refractivity contribution in [3.8, 4) is 33.4 Å². The van der Waals surface area contributed by atoms with Crippen molar-refractivity contribution in [2.45, 2.75) is 71.6 Å². The number of hydrogen-bond acceptors (Lipinski definition) is 4. The largest absolute Gasteiger partial charge is 0.454 e. The molecule has 1 aliphatic rings. The van der Waals surface area contributed by atoms with Gasteiger partial charge in [0, 0.05) is 60.8 Å². The Bertz CT molecular complexity index is 4600. The quantitative estimate of drug-likeness (QED) is 0.152. The molecule has 0 spiro atoms. The van der Waals surface area contributed by atoms with Crippen molar-refractivity contribution in [2.24, 2.45) is 0 Å². The first-order chi connectivity index (χ1) is 40.2. The summed E-state index contributed by atoms with van der Waals surface area (Å²) in [5.74, 6) is 0. The minimum absolute atomic E-state index is 0.0972. The molecule has 0 radical (unpaired) electrons. The normalized spacial score (nSPS) is 13.2. The molecule has 15 rings (SSSR count). The zero-order valence-corrected chi connectivity index (χ0v) is 48.3. The topological polar surface area (TPSA) is 32.8 Å². The summed E-state index contributed by atoms with van der Waals surface area (Å²) < 4.78 is 14.2. The summed E-state index contributed by atoms with van der Waals surface area (Å²) in [6, 6.07) is 89.2. The van der Waals surface area contributed by atoms with Crippen LogP contribution in [-0.2, 0) is 16.2 Å². The molecule has 0 saturated carbocycles. The van der Waals surface area contributed by atoms with Crippen LogP contribution in [0.5, 0.6) is 0 Å². The zero-order chi connectivity index (χ0) is 56.5. The van der Waals surface area contributed by atoms with E-state index in [1.807, 2.05) is 0 Å². The summed E-state index contributed by atoms with van der Waals surface area (Å²) in [6.07, 6.45) is 0. The highest BCUT2D eigenvalue weighted by atomic mass is 16.3. The van der Waals surface area contributed by atoms with E-state index in [9.17, 15) is 0 Å². The first-order valence-electron chi connectivity index (χ1n) is 29.1. The molecule has 4 heteroatoms. The van der Waals surface area contributed by atoms with Crippen molar-refractivity contribution < 1.29 is 8.83 Å². The molecule has 402 valence electrons. The summed E-state index contributed by atoms with van der Waals surface area (Å²) in [6.45, 7) is 18.4. The van der Waals surface area contributed by atoms with Gasteiger partial charge in [-0.3, -0.25) is 0 Å². The van der Waals surface area contributed by atoms with Crippen LogP contribution in [0.25, 0.3) is 98.8 Å². The van der Waals surface area contributed by atoms with Gasteiger partial charge in [0.2, 0.25) is 0 Å². The number of para-hydroxylation sites is 4. The van der Waals surface area contributed by atoms with Gasteiger partial charge in [-0.2, -0.15) is 0 Å². The predicted molar refractivity (Wildman–Crippen MR) is 351 cm³/mol. The molecule has 0 N–H and O–H groups in total. The number of fused-ring (bicyclic) bond motifs is 11. The third-order valence-corrected chi connectivity index (χ3v) is 17.6. The van der Waals surface area contributed by atoms with Gasteiger partial charge in [0.25, 0.3) is 0 Å². The average Bonchev–Trinajstić information content (AvgIpc) is 2.28. The lowest BCUT2D eigenvalue weighted by Gasteiger charge is -2.27. The van der Waals surface area contributed by atoms with Crippen LogP contribution in [0, 0.1) is 0 Å². The van der Waals surface area contributed by atoms with Crippen LogP contribution in [0.2, 0.25) is 0 Å². The smallest absolute Gasteiger partial charge is 0.159 e. The van der Waals surface area contributed by atoms with E-state index < -0.39 is 0 Å². The molecule has 0 aliphatic heterocycles. The van der Waals surface area contributed by atoms with Crippen molar-refractivity contribution in [1.82, 2.24) is 0 Å². The third-order valence-electron chi connectivity index (χ3n) is 17.6. The lowest BCUT2D eigenvalue weighted by atomic mass is 9.81. The SMILES string of the molecule is CC(C)(C)c1cccc2c1oc1c(N(c3cccc(-c4ccccc4)c3)c3ccc4cc5c(cc4c3)C(C)(C)c3cc4cc(N(c6cccc(-c7ccccc7)c6)c6cccc7c6oc6c(C(C)(C)C)cccc67)ccc4cc3-5)cccc12. The Labute approximate surface area is 485 Å². The summed E-state index contributed by atoms with van der Waals surface area (Å²) >= 11 is 0. The lowest BCUT2D eigenvalue weighted by molar-refractivity contribution is 0.572. The van der Waals surface area contributed by atoms with Crippen LogP contribution in [-0.4, -0.2) is 0 Å². The summed E-state index contributed by atoms with van der Waals surface area (Å²) in [7, 11) is 0. The highest BCUT2D eigenvalue weighted by molar-refractivity contribution is 6.13. The minimum atomic E-state index is -0.290. The van der Waals surface area contributed by atoms with Crippen molar-refractivity contribution >= 4 is 99.5 Å². The van der Waals surface area contributed by atoms with Crippen molar-refractivity contribution in [3.05, 3.63) is 265 Å². The molecule has 12 aromatic carbocycles. The van der Waals surface area contributed by atoms with E-state index >= 15 is 0 Å². The Morgan fingerprint density at radius 3 is 1.07 bits per heavy atom. The third kappa shape index (κ3) is 8.25. The van der Waals surface area contributed by atoms with Gasteiger partial charge in [-0.25, -0.2) is 0 Å². The maximum absolute atomic E-state index is 7.10. The van der Waals surface area contributed by atoms with Gasteiger partial charge in [0.15, 0.2) is 11.2 Å². The molecule has 4 nitrogen and oxygen atoms in total. The molecular weight excluding hydrogens is 1010 g/mol. The van der Waals surface area contributed by atoms with E-state index in [-0.39, 0.29) is 16.2 Å². The Balaban J connectivity index is 0.865. The van der Waals surface area contributed by atoms with Gasteiger partial charge < -0.3 is 18.6 Å². The molecule has 0 fully saturated rings. The minimum Gasteiger partial charge on any atom is -0.454 e. The Kier molecular flexibility index (Phi) is 11.3. The van der Waals surface area contributed by atoms with Crippen molar-refractivity contribution in [1.29, 1.82) is 0 Å². The first kappa shape index (κ1) is 50.3. The molecule has 0 atom stereocenters. The monoisotopic (exact) mass is 1070 g/mol. The molecule has 14 aromatic rings. The molecule has 2 aromatic heterocycles. The summed E-state index contributed by atoms with van der Waals surface area (Å²) in [5.41, 5.74) is 21.6. The van der Waals surface area contributed by atoms with E-state index in [1.165, 1.54) is 66.1 Å². The Hall–Kier alpha value is -9.64. The van der Waals surface area contributed by atoms with Crippen LogP contribution in [0.3, 0.4) is 0 Å². The highest BCUT2D eigenvalue weighted by Gasteiger charge is 2.37. The van der Waals surface area contributed by atoms with Gasteiger partial charge in [-0.05, 0) is 162 Å². The van der Waals surface area contributed by atoms with Crippen LogP contribution >= 0.6 is 0 Å². The number of benzene rings is 12. The van der Waals surface area contributed by atoms with Crippen molar-refractivity contribution in [2.75, 3.05) is 9.80 Å². The van der Waals surface area contributed by atoms with Gasteiger partial charge in [0.05, 0.1) is 11.4 Å². The van der Waals surface area contributed by atoms with E-state index in [1.54, 1.807) is 0 Å². The lowest BCUT2D eigenvalue weighted by Crippen LogP contribution is -2.15. The predicted octanol–water partition coefficient (Wildman–Crippen LogP) is 23.0. The van der Waals surface area contributed by atoms with Crippen LogP contribution in [0.15, 0.2) is 251 Å². The van der Waals surface area contributed by atoms with Crippen LogP contribution in [0.4, 0.5) is 34.1 Å². The number of rotatable bonds is 8.